The highest BCUT2D eigenvalue weighted by Crippen LogP contribution is 2.33. The Morgan fingerprint density at radius 1 is 1.21 bits per heavy atom. The van der Waals surface area contributed by atoms with Crippen molar-refractivity contribution in [3.63, 3.8) is 0 Å². The minimum atomic E-state index is -0.948. The molecule has 0 aliphatic rings. The molecule has 2 nitrogen and oxygen atoms in total. The third kappa shape index (κ3) is 3.06. The molecule has 0 heterocycles. The number of benzene rings is 2. The van der Waals surface area contributed by atoms with Gasteiger partial charge in [-0.1, -0.05) is 35.9 Å². The molecule has 0 aliphatic carbocycles. The molecular weight excluding hydrogens is 267 g/mol. The largest absolute Gasteiger partial charge is 0.493 e. The van der Waals surface area contributed by atoms with E-state index in [1.54, 1.807) is 18.2 Å². The van der Waals surface area contributed by atoms with Gasteiger partial charge in [0.25, 0.3) is 0 Å². The van der Waals surface area contributed by atoms with E-state index in [1.165, 1.54) is 18.2 Å². The third-order valence-corrected chi connectivity index (χ3v) is 3.10. The average Bonchev–Trinajstić information content (AvgIpc) is 2.39. The topological polar surface area (TPSA) is 29.5 Å². The van der Waals surface area contributed by atoms with E-state index in [0.717, 1.165) is 0 Å². The normalized spacial score (nSPS) is 12.2. The predicted molar refractivity (Wildman–Crippen MR) is 73.1 cm³/mol. The van der Waals surface area contributed by atoms with Crippen molar-refractivity contribution in [2.45, 2.75) is 13.0 Å². The maximum absolute atomic E-state index is 13.0. The monoisotopic (exact) mass is 280 g/mol. The zero-order chi connectivity index (χ0) is 13.8. The quantitative estimate of drug-likeness (QED) is 0.918. The van der Waals surface area contributed by atoms with Gasteiger partial charge in [0.05, 0.1) is 6.61 Å². The summed E-state index contributed by atoms with van der Waals surface area (Å²) >= 11 is 5.96. The lowest BCUT2D eigenvalue weighted by atomic mass is 10.0. The Labute approximate surface area is 116 Å². The molecule has 2 rings (SSSR count). The van der Waals surface area contributed by atoms with Gasteiger partial charge >= 0.3 is 0 Å². The molecule has 19 heavy (non-hydrogen) atoms. The van der Waals surface area contributed by atoms with Crippen LogP contribution in [-0.2, 0) is 0 Å². The predicted octanol–water partition coefficient (Wildman–Crippen LogP) is 3.96. The zero-order valence-electron chi connectivity index (χ0n) is 10.4. The number of rotatable bonds is 4. The molecule has 1 unspecified atom stereocenters. The van der Waals surface area contributed by atoms with E-state index < -0.39 is 11.9 Å². The van der Waals surface area contributed by atoms with Gasteiger partial charge in [-0.3, -0.25) is 0 Å². The lowest BCUT2D eigenvalue weighted by Gasteiger charge is -2.17. The summed E-state index contributed by atoms with van der Waals surface area (Å²) in [6, 6.07) is 11.1. The summed E-state index contributed by atoms with van der Waals surface area (Å²) in [5.74, 6) is 0.164. The Hall–Kier alpha value is -1.58. The molecule has 0 fully saturated rings. The van der Waals surface area contributed by atoms with Gasteiger partial charge in [-0.15, -0.1) is 0 Å². The summed E-state index contributed by atoms with van der Waals surface area (Å²) in [6.45, 7) is 2.37. The summed E-state index contributed by atoms with van der Waals surface area (Å²) < 4.78 is 18.5. The molecular formula is C15H14ClFO2. The third-order valence-electron chi connectivity index (χ3n) is 2.77. The van der Waals surface area contributed by atoms with Crippen LogP contribution in [0.3, 0.4) is 0 Å². The van der Waals surface area contributed by atoms with Crippen LogP contribution in [0.1, 0.15) is 24.2 Å². The van der Waals surface area contributed by atoms with Crippen LogP contribution in [0.2, 0.25) is 5.02 Å². The van der Waals surface area contributed by atoms with Crippen molar-refractivity contribution in [2.24, 2.45) is 0 Å². The van der Waals surface area contributed by atoms with Crippen LogP contribution in [0, 0.1) is 5.82 Å². The molecule has 4 heteroatoms. The minimum Gasteiger partial charge on any atom is -0.493 e. The summed E-state index contributed by atoms with van der Waals surface area (Å²) in [6.07, 6.45) is -0.948. The van der Waals surface area contributed by atoms with Crippen molar-refractivity contribution < 1.29 is 14.2 Å². The van der Waals surface area contributed by atoms with Crippen LogP contribution in [0.5, 0.6) is 5.75 Å². The van der Waals surface area contributed by atoms with Gasteiger partial charge in [0.2, 0.25) is 0 Å². The van der Waals surface area contributed by atoms with Gasteiger partial charge < -0.3 is 9.84 Å². The fraction of sp³-hybridized carbons (Fsp3) is 0.200. The molecule has 0 saturated carbocycles. The lowest BCUT2D eigenvalue weighted by molar-refractivity contribution is 0.212. The second kappa shape index (κ2) is 6.04. The number of ether oxygens (including phenoxy) is 1. The van der Waals surface area contributed by atoms with Crippen LogP contribution in [0.15, 0.2) is 42.5 Å². The molecule has 0 radical (unpaired) electrons. The van der Waals surface area contributed by atoms with E-state index in [2.05, 4.69) is 0 Å². The van der Waals surface area contributed by atoms with Gasteiger partial charge in [-0.05, 0) is 25.1 Å². The first kappa shape index (κ1) is 13.8. The standard InChI is InChI=1S/C15H14ClFO2/c1-2-19-14-6-4-3-5-12(14)15(18)11-8-7-10(17)9-13(11)16/h3-9,15,18H,2H2,1H3. The molecule has 2 aromatic rings. The highest BCUT2D eigenvalue weighted by atomic mass is 35.5. The molecule has 100 valence electrons. The average molecular weight is 281 g/mol. The van der Waals surface area contributed by atoms with Gasteiger partial charge in [0, 0.05) is 16.1 Å². The number of hydrogen-bond donors (Lipinski definition) is 1. The van der Waals surface area contributed by atoms with Crippen LogP contribution in [0.25, 0.3) is 0 Å². The van der Waals surface area contributed by atoms with Crippen molar-refractivity contribution in [3.05, 3.63) is 64.4 Å². The van der Waals surface area contributed by atoms with E-state index >= 15 is 0 Å². The Morgan fingerprint density at radius 2 is 1.95 bits per heavy atom. The summed E-state index contributed by atoms with van der Waals surface area (Å²) in [5, 5.41) is 10.6. The molecule has 0 aliphatic heterocycles. The first-order valence-electron chi connectivity index (χ1n) is 5.98. The Balaban J connectivity index is 2.41. The fourth-order valence-electron chi connectivity index (χ4n) is 1.88. The Kier molecular flexibility index (Phi) is 4.40. The smallest absolute Gasteiger partial charge is 0.125 e. The highest BCUT2D eigenvalue weighted by molar-refractivity contribution is 6.31. The molecule has 0 amide bonds. The van der Waals surface area contributed by atoms with Gasteiger partial charge in [-0.2, -0.15) is 0 Å². The molecule has 1 N–H and O–H groups in total. The number of hydrogen-bond acceptors (Lipinski definition) is 2. The Morgan fingerprint density at radius 3 is 2.63 bits per heavy atom. The Bertz CT molecular complexity index is 572. The first-order chi connectivity index (χ1) is 9.13. The molecule has 0 aromatic heterocycles. The number of para-hydroxylation sites is 1. The van der Waals surface area contributed by atoms with E-state index in [4.69, 9.17) is 16.3 Å². The van der Waals surface area contributed by atoms with E-state index in [0.29, 0.717) is 23.5 Å². The van der Waals surface area contributed by atoms with Crippen molar-refractivity contribution in [3.8, 4) is 5.75 Å². The molecule has 1 atom stereocenters. The van der Waals surface area contributed by atoms with E-state index in [9.17, 15) is 9.50 Å². The summed E-state index contributed by atoms with van der Waals surface area (Å²) in [7, 11) is 0. The van der Waals surface area contributed by atoms with Crippen LogP contribution >= 0.6 is 11.6 Å². The minimum absolute atomic E-state index is 0.193. The summed E-state index contributed by atoms with van der Waals surface area (Å²) in [4.78, 5) is 0. The second-order valence-corrected chi connectivity index (χ2v) is 4.45. The molecule has 0 saturated heterocycles. The molecule has 2 aromatic carbocycles. The lowest BCUT2D eigenvalue weighted by Crippen LogP contribution is -2.04. The van der Waals surface area contributed by atoms with E-state index in [-0.39, 0.29) is 5.02 Å². The maximum Gasteiger partial charge on any atom is 0.125 e. The van der Waals surface area contributed by atoms with Gasteiger partial charge in [0.1, 0.15) is 17.7 Å². The van der Waals surface area contributed by atoms with Crippen LogP contribution in [-0.4, -0.2) is 11.7 Å². The SMILES string of the molecule is CCOc1ccccc1C(O)c1ccc(F)cc1Cl. The van der Waals surface area contributed by atoms with Crippen molar-refractivity contribution in [2.75, 3.05) is 6.61 Å². The summed E-state index contributed by atoms with van der Waals surface area (Å²) in [5.41, 5.74) is 1.06. The van der Waals surface area contributed by atoms with E-state index in [1.807, 2.05) is 13.0 Å². The fourth-order valence-corrected chi connectivity index (χ4v) is 2.15. The highest BCUT2D eigenvalue weighted by Gasteiger charge is 2.18. The first-order valence-corrected chi connectivity index (χ1v) is 6.36. The van der Waals surface area contributed by atoms with Gasteiger partial charge in [-0.25, -0.2) is 4.39 Å². The number of aliphatic hydroxyl groups excluding tert-OH is 1. The zero-order valence-corrected chi connectivity index (χ0v) is 11.2. The van der Waals surface area contributed by atoms with Crippen molar-refractivity contribution >= 4 is 11.6 Å². The number of halogens is 2. The second-order valence-electron chi connectivity index (χ2n) is 4.04. The molecule has 0 bridgehead atoms. The van der Waals surface area contributed by atoms with Crippen molar-refractivity contribution in [1.29, 1.82) is 0 Å². The maximum atomic E-state index is 13.0. The molecule has 0 spiro atoms. The van der Waals surface area contributed by atoms with Crippen molar-refractivity contribution in [1.82, 2.24) is 0 Å². The van der Waals surface area contributed by atoms with Crippen LogP contribution in [0.4, 0.5) is 4.39 Å². The van der Waals surface area contributed by atoms with Crippen LogP contribution < -0.4 is 4.74 Å². The van der Waals surface area contributed by atoms with Gasteiger partial charge in [0.15, 0.2) is 0 Å². The number of aliphatic hydroxyl groups is 1.